The first-order chi connectivity index (χ1) is 6.65. The standard InChI is InChI=1S/C10H15NO2S/c1-8-6-9(14-7-8)10(12)11(2)4-5-13-3/h6-7H,4-5H2,1-3H3. The Balaban J connectivity index is 2.56. The summed E-state index contributed by atoms with van der Waals surface area (Å²) in [4.78, 5) is 14.2. The molecule has 0 atom stereocenters. The number of carbonyl (C=O) groups is 1. The lowest BCUT2D eigenvalue weighted by Crippen LogP contribution is -2.29. The van der Waals surface area contributed by atoms with E-state index in [1.54, 1.807) is 19.1 Å². The molecule has 0 fully saturated rings. The molecule has 0 aliphatic rings. The number of nitrogens with zero attached hydrogens (tertiary/aromatic N) is 1. The number of rotatable bonds is 4. The van der Waals surface area contributed by atoms with Gasteiger partial charge in [0, 0.05) is 20.7 Å². The SMILES string of the molecule is COCCN(C)C(=O)c1cc(C)cs1. The van der Waals surface area contributed by atoms with Crippen LogP contribution in [0.2, 0.25) is 0 Å². The van der Waals surface area contributed by atoms with Gasteiger partial charge in [0.25, 0.3) is 5.91 Å². The van der Waals surface area contributed by atoms with Crippen molar-refractivity contribution in [2.24, 2.45) is 0 Å². The minimum Gasteiger partial charge on any atom is -0.383 e. The van der Waals surface area contributed by atoms with E-state index in [0.717, 1.165) is 10.4 Å². The monoisotopic (exact) mass is 213 g/mol. The minimum atomic E-state index is 0.0696. The zero-order chi connectivity index (χ0) is 10.6. The fraction of sp³-hybridized carbons (Fsp3) is 0.500. The van der Waals surface area contributed by atoms with Crippen LogP contribution in [-0.2, 0) is 4.74 Å². The molecule has 0 unspecified atom stereocenters. The van der Waals surface area contributed by atoms with Crippen molar-refractivity contribution in [3.63, 3.8) is 0 Å². The number of thiophene rings is 1. The third-order valence-electron chi connectivity index (χ3n) is 1.92. The van der Waals surface area contributed by atoms with E-state index in [9.17, 15) is 4.79 Å². The number of hydrogen-bond acceptors (Lipinski definition) is 3. The van der Waals surface area contributed by atoms with Crippen LogP contribution >= 0.6 is 11.3 Å². The zero-order valence-electron chi connectivity index (χ0n) is 8.74. The van der Waals surface area contributed by atoms with Crippen molar-refractivity contribution in [1.82, 2.24) is 4.90 Å². The fourth-order valence-corrected chi connectivity index (χ4v) is 1.95. The molecule has 1 aromatic heterocycles. The molecule has 4 heteroatoms. The van der Waals surface area contributed by atoms with Crippen molar-refractivity contribution >= 4 is 17.2 Å². The number of ether oxygens (including phenoxy) is 1. The largest absolute Gasteiger partial charge is 0.383 e. The Bertz CT molecular complexity index is 309. The number of aryl methyl sites for hydroxylation is 1. The Labute approximate surface area is 88.3 Å². The van der Waals surface area contributed by atoms with Crippen molar-refractivity contribution < 1.29 is 9.53 Å². The number of methoxy groups -OCH3 is 1. The van der Waals surface area contributed by atoms with Gasteiger partial charge in [-0.1, -0.05) is 0 Å². The van der Waals surface area contributed by atoms with E-state index < -0.39 is 0 Å². The molecular formula is C10H15NO2S. The van der Waals surface area contributed by atoms with E-state index >= 15 is 0 Å². The van der Waals surface area contributed by atoms with Gasteiger partial charge in [0.15, 0.2) is 0 Å². The Morgan fingerprint density at radius 1 is 1.64 bits per heavy atom. The lowest BCUT2D eigenvalue weighted by molar-refractivity contribution is 0.0749. The van der Waals surface area contributed by atoms with Crippen LogP contribution in [0.15, 0.2) is 11.4 Å². The zero-order valence-corrected chi connectivity index (χ0v) is 9.56. The van der Waals surface area contributed by atoms with Gasteiger partial charge in [-0.3, -0.25) is 4.79 Å². The van der Waals surface area contributed by atoms with Gasteiger partial charge in [0.1, 0.15) is 0 Å². The summed E-state index contributed by atoms with van der Waals surface area (Å²) in [5.74, 6) is 0.0696. The molecular weight excluding hydrogens is 198 g/mol. The molecule has 1 rings (SSSR count). The minimum absolute atomic E-state index is 0.0696. The van der Waals surface area contributed by atoms with Gasteiger partial charge in [-0.15, -0.1) is 11.3 Å². The third-order valence-corrected chi connectivity index (χ3v) is 2.95. The highest BCUT2D eigenvalue weighted by atomic mass is 32.1. The van der Waals surface area contributed by atoms with Crippen LogP contribution in [0.5, 0.6) is 0 Å². The van der Waals surface area contributed by atoms with Gasteiger partial charge in [0.2, 0.25) is 0 Å². The van der Waals surface area contributed by atoms with Crippen LogP contribution in [0.4, 0.5) is 0 Å². The summed E-state index contributed by atoms with van der Waals surface area (Å²) < 4.78 is 4.91. The van der Waals surface area contributed by atoms with Crippen LogP contribution in [0, 0.1) is 6.92 Å². The average Bonchev–Trinajstić information content (AvgIpc) is 2.60. The molecule has 0 N–H and O–H groups in total. The van der Waals surface area contributed by atoms with Crippen LogP contribution in [0.25, 0.3) is 0 Å². The number of hydrogen-bond donors (Lipinski definition) is 0. The maximum absolute atomic E-state index is 11.7. The van der Waals surface area contributed by atoms with Gasteiger partial charge in [-0.2, -0.15) is 0 Å². The molecule has 0 aromatic carbocycles. The van der Waals surface area contributed by atoms with Crippen molar-refractivity contribution in [2.75, 3.05) is 27.3 Å². The normalized spacial score (nSPS) is 10.2. The predicted octanol–water partition coefficient (Wildman–Crippen LogP) is 1.77. The molecule has 14 heavy (non-hydrogen) atoms. The molecule has 0 saturated carbocycles. The summed E-state index contributed by atoms with van der Waals surface area (Å²) in [7, 11) is 3.42. The van der Waals surface area contributed by atoms with Crippen molar-refractivity contribution in [3.05, 3.63) is 21.9 Å². The average molecular weight is 213 g/mol. The van der Waals surface area contributed by atoms with E-state index in [-0.39, 0.29) is 5.91 Å². The molecule has 0 aliphatic heterocycles. The Morgan fingerprint density at radius 2 is 2.36 bits per heavy atom. The first-order valence-electron chi connectivity index (χ1n) is 4.44. The van der Waals surface area contributed by atoms with E-state index in [4.69, 9.17) is 4.74 Å². The van der Waals surface area contributed by atoms with E-state index in [2.05, 4.69) is 0 Å². The molecule has 0 aliphatic carbocycles. The number of likely N-dealkylation sites (N-methyl/N-ethyl adjacent to an activating group) is 1. The van der Waals surface area contributed by atoms with E-state index in [1.807, 2.05) is 18.4 Å². The van der Waals surface area contributed by atoms with Crippen LogP contribution < -0.4 is 0 Å². The van der Waals surface area contributed by atoms with Gasteiger partial charge >= 0.3 is 0 Å². The maximum Gasteiger partial charge on any atom is 0.263 e. The second-order valence-corrected chi connectivity index (χ2v) is 4.12. The second kappa shape index (κ2) is 5.12. The third kappa shape index (κ3) is 2.82. The molecule has 1 heterocycles. The lowest BCUT2D eigenvalue weighted by Gasteiger charge is -2.15. The van der Waals surface area contributed by atoms with Crippen molar-refractivity contribution in [1.29, 1.82) is 0 Å². The highest BCUT2D eigenvalue weighted by Gasteiger charge is 2.12. The van der Waals surface area contributed by atoms with Crippen LogP contribution in [0.1, 0.15) is 15.2 Å². The molecule has 1 amide bonds. The molecule has 78 valence electrons. The molecule has 3 nitrogen and oxygen atoms in total. The summed E-state index contributed by atoms with van der Waals surface area (Å²) in [6, 6.07) is 1.91. The van der Waals surface area contributed by atoms with Gasteiger partial charge < -0.3 is 9.64 Å². The first kappa shape index (κ1) is 11.2. The van der Waals surface area contributed by atoms with Crippen molar-refractivity contribution in [3.8, 4) is 0 Å². The quantitative estimate of drug-likeness (QED) is 0.763. The summed E-state index contributed by atoms with van der Waals surface area (Å²) in [6.07, 6.45) is 0. The van der Waals surface area contributed by atoms with Gasteiger partial charge in [-0.05, 0) is 23.9 Å². The van der Waals surface area contributed by atoms with Crippen LogP contribution in [0.3, 0.4) is 0 Å². The van der Waals surface area contributed by atoms with Gasteiger partial charge in [-0.25, -0.2) is 0 Å². The topological polar surface area (TPSA) is 29.5 Å². The summed E-state index contributed by atoms with van der Waals surface area (Å²) >= 11 is 1.49. The van der Waals surface area contributed by atoms with E-state index in [0.29, 0.717) is 13.2 Å². The highest BCUT2D eigenvalue weighted by Crippen LogP contribution is 2.15. The second-order valence-electron chi connectivity index (χ2n) is 3.21. The van der Waals surface area contributed by atoms with Gasteiger partial charge in [0.05, 0.1) is 11.5 Å². The molecule has 0 bridgehead atoms. The highest BCUT2D eigenvalue weighted by molar-refractivity contribution is 7.12. The predicted molar refractivity (Wildman–Crippen MR) is 57.9 cm³/mol. The Kier molecular flexibility index (Phi) is 4.10. The fourth-order valence-electron chi connectivity index (χ4n) is 1.06. The van der Waals surface area contributed by atoms with E-state index in [1.165, 1.54) is 11.3 Å². The molecule has 0 spiro atoms. The smallest absolute Gasteiger partial charge is 0.263 e. The molecule has 0 radical (unpaired) electrons. The molecule has 0 saturated heterocycles. The Hall–Kier alpha value is -0.870. The van der Waals surface area contributed by atoms with Crippen LogP contribution in [-0.4, -0.2) is 38.1 Å². The molecule has 1 aromatic rings. The summed E-state index contributed by atoms with van der Waals surface area (Å²) in [5.41, 5.74) is 1.14. The Morgan fingerprint density at radius 3 is 2.86 bits per heavy atom. The maximum atomic E-state index is 11.7. The number of carbonyl (C=O) groups excluding carboxylic acids is 1. The van der Waals surface area contributed by atoms with Crippen molar-refractivity contribution in [2.45, 2.75) is 6.92 Å². The summed E-state index contributed by atoms with van der Waals surface area (Å²) in [6.45, 7) is 3.20. The first-order valence-corrected chi connectivity index (χ1v) is 5.32. The summed E-state index contributed by atoms with van der Waals surface area (Å²) in [5, 5.41) is 1.98. The number of amides is 1. The lowest BCUT2D eigenvalue weighted by atomic mass is 10.3.